The molecule has 0 spiro atoms. The van der Waals surface area contributed by atoms with E-state index in [2.05, 4.69) is 11.9 Å². The molecule has 0 aliphatic rings. The van der Waals surface area contributed by atoms with Crippen LogP contribution in [0.4, 0.5) is 0 Å². The van der Waals surface area contributed by atoms with E-state index >= 15 is 0 Å². The minimum atomic E-state index is -0.946. The highest BCUT2D eigenvalue weighted by Gasteiger charge is 2.02. The SMILES string of the molecule is C=C(CNCc1cccs1)C(=O)O. The normalized spacial score (nSPS) is 9.85. The number of carboxylic acids is 1. The lowest BCUT2D eigenvalue weighted by Crippen LogP contribution is -2.19. The maximum Gasteiger partial charge on any atom is 0.332 e. The average molecular weight is 197 g/mol. The largest absolute Gasteiger partial charge is 0.478 e. The number of rotatable bonds is 5. The summed E-state index contributed by atoms with van der Waals surface area (Å²) in [6, 6.07) is 3.97. The third kappa shape index (κ3) is 3.40. The first-order chi connectivity index (χ1) is 6.20. The van der Waals surface area contributed by atoms with Gasteiger partial charge in [-0.05, 0) is 11.4 Å². The van der Waals surface area contributed by atoms with E-state index < -0.39 is 5.97 Å². The molecule has 0 aliphatic carbocycles. The average Bonchev–Trinajstić information content (AvgIpc) is 2.56. The van der Waals surface area contributed by atoms with Gasteiger partial charge in [-0.25, -0.2) is 4.79 Å². The lowest BCUT2D eigenvalue weighted by molar-refractivity contribution is -0.132. The molecule has 2 N–H and O–H groups in total. The Hall–Kier alpha value is -1.13. The summed E-state index contributed by atoms with van der Waals surface area (Å²) in [6.07, 6.45) is 0. The molecule has 0 saturated carbocycles. The Balaban J connectivity index is 2.22. The Morgan fingerprint density at radius 2 is 2.46 bits per heavy atom. The van der Waals surface area contributed by atoms with E-state index in [1.54, 1.807) is 11.3 Å². The molecule has 1 aromatic rings. The van der Waals surface area contributed by atoms with Gasteiger partial charge in [0.2, 0.25) is 0 Å². The summed E-state index contributed by atoms with van der Waals surface area (Å²) < 4.78 is 0. The molecular formula is C9H11NO2S. The van der Waals surface area contributed by atoms with Gasteiger partial charge in [0.25, 0.3) is 0 Å². The van der Waals surface area contributed by atoms with E-state index in [0.717, 1.165) is 0 Å². The zero-order valence-corrected chi connectivity index (χ0v) is 7.93. The Kier molecular flexibility index (Phi) is 3.67. The van der Waals surface area contributed by atoms with Crippen LogP contribution in [0.2, 0.25) is 0 Å². The smallest absolute Gasteiger partial charge is 0.332 e. The van der Waals surface area contributed by atoms with Crippen LogP contribution >= 0.6 is 11.3 Å². The third-order valence-electron chi connectivity index (χ3n) is 1.52. The molecule has 1 rings (SSSR count). The summed E-state index contributed by atoms with van der Waals surface area (Å²) in [6.45, 7) is 4.44. The van der Waals surface area contributed by atoms with E-state index in [-0.39, 0.29) is 5.57 Å². The molecule has 0 bridgehead atoms. The van der Waals surface area contributed by atoms with Gasteiger partial charge >= 0.3 is 5.97 Å². The second-order valence-corrected chi connectivity index (χ2v) is 3.62. The van der Waals surface area contributed by atoms with Crippen LogP contribution in [0.15, 0.2) is 29.7 Å². The monoisotopic (exact) mass is 197 g/mol. The number of thiophene rings is 1. The Labute approximate surface area is 80.7 Å². The van der Waals surface area contributed by atoms with Crippen LogP contribution in [0.1, 0.15) is 4.88 Å². The van der Waals surface area contributed by atoms with Crippen molar-refractivity contribution in [3.05, 3.63) is 34.5 Å². The van der Waals surface area contributed by atoms with Crippen molar-refractivity contribution in [1.29, 1.82) is 0 Å². The third-order valence-corrected chi connectivity index (χ3v) is 2.40. The zero-order valence-electron chi connectivity index (χ0n) is 7.12. The van der Waals surface area contributed by atoms with E-state index in [9.17, 15) is 4.79 Å². The summed E-state index contributed by atoms with van der Waals surface area (Å²) in [5.74, 6) is -0.946. The molecule has 3 nitrogen and oxygen atoms in total. The van der Waals surface area contributed by atoms with Crippen molar-refractivity contribution >= 4 is 17.3 Å². The molecule has 4 heteroatoms. The minimum absolute atomic E-state index is 0.191. The molecule has 0 saturated heterocycles. The van der Waals surface area contributed by atoms with Crippen molar-refractivity contribution in [1.82, 2.24) is 5.32 Å². The predicted octanol–water partition coefficient (Wildman–Crippen LogP) is 1.48. The topological polar surface area (TPSA) is 49.3 Å². The van der Waals surface area contributed by atoms with E-state index in [4.69, 9.17) is 5.11 Å². The second-order valence-electron chi connectivity index (χ2n) is 2.59. The number of aliphatic carboxylic acids is 1. The summed E-state index contributed by atoms with van der Waals surface area (Å²) in [7, 11) is 0. The predicted molar refractivity (Wildman–Crippen MR) is 52.8 cm³/mol. The second kappa shape index (κ2) is 4.79. The minimum Gasteiger partial charge on any atom is -0.478 e. The van der Waals surface area contributed by atoms with Gasteiger partial charge in [0.1, 0.15) is 0 Å². The quantitative estimate of drug-likeness (QED) is 0.703. The maximum atomic E-state index is 10.4. The van der Waals surface area contributed by atoms with Crippen molar-refractivity contribution in [3.8, 4) is 0 Å². The molecule has 0 radical (unpaired) electrons. The number of carbonyl (C=O) groups is 1. The summed E-state index contributed by atoms with van der Waals surface area (Å²) in [5, 5.41) is 13.5. The molecule has 0 aromatic carbocycles. The van der Waals surface area contributed by atoms with Crippen LogP contribution in [-0.4, -0.2) is 17.6 Å². The van der Waals surface area contributed by atoms with Crippen LogP contribution in [0.5, 0.6) is 0 Å². The Morgan fingerprint density at radius 1 is 1.69 bits per heavy atom. The molecule has 0 amide bonds. The van der Waals surface area contributed by atoms with Crippen molar-refractivity contribution in [2.45, 2.75) is 6.54 Å². The Morgan fingerprint density at radius 3 is 3.00 bits per heavy atom. The standard InChI is InChI=1S/C9H11NO2S/c1-7(9(11)12)5-10-6-8-3-2-4-13-8/h2-4,10H,1,5-6H2,(H,11,12). The van der Waals surface area contributed by atoms with E-state index in [1.807, 2.05) is 17.5 Å². The van der Waals surface area contributed by atoms with Crippen LogP contribution < -0.4 is 5.32 Å². The number of hydrogen-bond acceptors (Lipinski definition) is 3. The maximum absolute atomic E-state index is 10.4. The first-order valence-electron chi connectivity index (χ1n) is 3.84. The van der Waals surface area contributed by atoms with Crippen molar-refractivity contribution < 1.29 is 9.90 Å². The van der Waals surface area contributed by atoms with Gasteiger partial charge in [-0.1, -0.05) is 12.6 Å². The molecule has 13 heavy (non-hydrogen) atoms. The van der Waals surface area contributed by atoms with Gasteiger partial charge in [-0.2, -0.15) is 0 Å². The highest BCUT2D eigenvalue weighted by Crippen LogP contribution is 2.07. The number of carboxylic acid groups (broad SMARTS) is 1. The fourth-order valence-electron chi connectivity index (χ4n) is 0.825. The van der Waals surface area contributed by atoms with Gasteiger partial charge in [0.15, 0.2) is 0 Å². The number of hydrogen-bond donors (Lipinski definition) is 2. The highest BCUT2D eigenvalue weighted by atomic mass is 32.1. The lowest BCUT2D eigenvalue weighted by atomic mass is 10.3. The molecule has 1 heterocycles. The highest BCUT2D eigenvalue weighted by molar-refractivity contribution is 7.09. The van der Waals surface area contributed by atoms with Gasteiger partial charge < -0.3 is 10.4 Å². The van der Waals surface area contributed by atoms with Crippen molar-refractivity contribution in [2.24, 2.45) is 0 Å². The van der Waals surface area contributed by atoms with Crippen LogP contribution in [0.25, 0.3) is 0 Å². The molecular weight excluding hydrogens is 186 g/mol. The van der Waals surface area contributed by atoms with Crippen LogP contribution in [-0.2, 0) is 11.3 Å². The first kappa shape index (κ1) is 9.95. The summed E-state index contributed by atoms with van der Waals surface area (Å²) in [4.78, 5) is 11.5. The first-order valence-corrected chi connectivity index (χ1v) is 4.72. The van der Waals surface area contributed by atoms with E-state index in [0.29, 0.717) is 13.1 Å². The fraction of sp³-hybridized carbons (Fsp3) is 0.222. The summed E-state index contributed by atoms with van der Waals surface area (Å²) in [5.41, 5.74) is 0.191. The molecule has 0 unspecified atom stereocenters. The zero-order chi connectivity index (χ0) is 9.68. The van der Waals surface area contributed by atoms with Crippen molar-refractivity contribution in [2.75, 3.05) is 6.54 Å². The van der Waals surface area contributed by atoms with Crippen LogP contribution in [0.3, 0.4) is 0 Å². The van der Waals surface area contributed by atoms with Gasteiger partial charge in [-0.15, -0.1) is 11.3 Å². The van der Waals surface area contributed by atoms with Gasteiger partial charge in [-0.3, -0.25) is 0 Å². The van der Waals surface area contributed by atoms with E-state index in [1.165, 1.54) is 4.88 Å². The van der Waals surface area contributed by atoms with Crippen LogP contribution in [0, 0.1) is 0 Å². The lowest BCUT2D eigenvalue weighted by Gasteiger charge is -2.01. The molecule has 1 aromatic heterocycles. The molecule has 0 fully saturated rings. The van der Waals surface area contributed by atoms with Gasteiger partial charge in [0.05, 0.1) is 0 Å². The number of nitrogens with one attached hydrogen (secondary N) is 1. The fourth-order valence-corrected chi connectivity index (χ4v) is 1.50. The Bertz CT molecular complexity index is 293. The molecule has 70 valence electrons. The van der Waals surface area contributed by atoms with Gasteiger partial charge in [0, 0.05) is 23.5 Å². The summed E-state index contributed by atoms with van der Waals surface area (Å²) >= 11 is 1.64. The molecule has 0 atom stereocenters. The molecule has 0 aliphatic heterocycles. The van der Waals surface area contributed by atoms with Crippen molar-refractivity contribution in [3.63, 3.8) is 0 Å².